The molecule has 1 heterocycles. The highest BCUT2D eigenvalue weighted by molar-refractivity contribution is 5.96. The summed E-state index contributed by atoms with van der Waals surface area (Å²) in [6, 6.07) is 8.39. The van der Waals surface area contributed by atoms with Gasteiger partial charge in [-0.05, 0) is 41.7 Å². The minimum absolute atomic E-state index is 0.000805. The van der Waals surface area contributed by atoms with Crippen molar-refractivity contribution in [3.05, 3.63) is 65.9 Å². The third-order valence-corrected chi connectivity index (χ3v) is 6.73. The lowest BCUT2D eigenvalue weighted by molar-refractivity contribution is -0.143. The van der Waals surface area contributed by atoms with E-state index in [4.69, 9.17) is 11.5 Å². The molecule has 4 amide bonds. The lowest BCUT2D eigenvalue weighted by Crippen LogP contribution is -2.58. The van der Waals surface area contributed by atoms with Crippen LogP contribution in [0.15, 0.2) is 54.7 Å². The van der Waals surface area contributed by atoms with Gasteiger partial charge < -0.3 is 42.6 Å². The first-order valence-electron chi connectivity index (χ1n) is 13.4. The molecule has 0 bridgehead atoms. The summed E-state index contributed by atoms with van der Waals surface area (Å²) >= 11 is 0. The number of aromatic amines is 1. The van der Waals surface area contributed by atoms with Crippen LogP contribution in [0.25, 0.3) is 10.9 Å². The number of aliphatic carboxylic acids is 1. The Morgan fingerprint density at radius 3 is 2.10 bits per heavy atom. The van der Waals surface area contributed by atoms with Gasteiger partial charge in [0, 0.05) is 23.5 Å². The number of fused-ring (bicyclic) bond motifs is 1. The Labute approximate surface area is 242 Å². The number of nitrogens with one attached hydrogen (secondary N) is 4. The standard InChI is InChI=1S/C29H36N6O7/c1-15(2)25(29(41)42)35-28(40)23(13-24(31)37)34-27(39)22(11-16-7-9-18(36)10-8-16)33-26(38)20(30)12-17-14-32-21-6-4-3-5-19(17)21/h3-10,14-15,20,22-23,25,32,36H,11-13,30H2,1-2H3,(H2,31,37)(H,33,38)(H,34,39)(H,35,40)(H,41,42). The van der Waals surface area contributed by atoms with E-state index in [2.05, 4.69) is 20.9 Å². The fourth-order valence-corrected chi connectivity index (χ4v) is 4.44. The number of carboxylic acid groups (broad SMARTS) is 1. The highest BCUT2D eigenvalue weighted by Crippen LogP contribution is 2.19. The Morgan fingerprint density at radius 1 is 0.857 bits per heavy atom. The smallest absolute Gasteiger partial charge is 0.326 e. The van der Waals surface area contributed by atoms with Gasteiger partial charge >= 0.3 is 5.97 Å². The highest BCUT2D eigenvalue weighted by atomic mass is 16.4. The van der Waals surface area contributed by atoms with Gasteiger partial charge in [0.25, 0.3) is 0 Å². The molecule has 0 radical (unpaired) electrons. The van der Waals surface area contributed by atoms with Crippen LogP contribution >= 0.6 is 0 Å². The number of nitrogens with two attached hydrogens (primary N) is 2. The zero-order valence-electron chi connectivity index (χ0n) is 23.3. The molecule has 4 atom stereocenters. The van der Waals surface area contributed by atoms with Crippen molar-refractivity contribution in [3.63, 3.8) is 0 Å². The average Bonchev–Trinajstić information content (AvgIpc) is 3.33. The molecule has 0 aliphatic carbocycles. The predicted octanol–water partition coefficient (Wildman–Crippen LogP) is 0.0564. The van der Waals surface area contributed by atoms with Gasteiger partial charge in [-0.25, -0.2) is 4.79 Å². The molecule has 0 spiro atoms. The Bertz CT molecular complexity index is 1440. The summed E-state index contributed by atoms with van der Waals surface area (Å²) in [7, 11) is 0. The van der Waals surface area contributed by atoms with E-state index in [0.717, 1.165) is 16.5 Å². The van der Waals surface area contributed by atoms with Crippen molar-refractivity contribution in [1.29, 1.82) is 0 Å². The molecule has 3 aromatic rings. The quantitative estimate of drug-likeness (QED) is 0.130. The predicted molar refractivity (Wildman–Crippen MR) is 154 cm³/mol. The van der Waals surface area contributed by atoms with Crippen LogP contribution in [0, 0.1) is 5.92 Å². The van der Waals surface area contributed by atoms with E-state index in [1.165, 1.54) is 12.1 Å². The number of amides is 4. The van der Waals surface area contributed by atoms with Crippen LogP contribution < -0.4 is 27.4 Å². The van der Waals surface area contributed by atoms with E-state index in [1.807, 2.05) is 24.3 Å². The lowest BCUT2D eigenvalue weighted by atomic mass is 10.0. The van der Waals surface area contributed by atoms with E-state index < -0.39 is 66.1 Å². The minimum atomic E-state index is -1.50. The van der Waals surface area contributed by atoms with Crippen LogP contribution in [-0.4, -0.2) is 69.0 Å². The van der Waals surface area contributed by atoms with Crippen molar-refractivity contribution in [2.75, 3.05) is 0 Å². The maximum Gasteiger partial charge on any atom is 0.326 e. The second-order valence-electron chi connectivity index (χ2n) is 10.4. The van der Waals surface area contributed by atoms with E-state index in [9.17, 15) is 34.2 Å². The fraction of sp³-hybridized carbons (Fsp3) is 0.345. The van der Waals surface area contributed by atoms with Crippen LogP contribution in [-0.2, 0) is 36.8 Å². The number of aromatic nitrogens is 1. The molecular weight excluding hydrogens is 544 g/mol. The molecule has 1 aromatic heterocycles. The van der Waals surface area contributed by atoms with E-state index in [-0.39, 0.29) is 18.6 Å². The summed E-state index contributed by atoms with van der Waals surface area (Å²) in [5.74, 6) is -5.07. The maximum absolute atomic E-state index is 13.4. The third kappa shape index (κ3) is 8.54. The first-order chi connectivity index (χ1) is 19.8. The monoisotopic (exact) mass is 580 g/mol. The van der Waals surface area contributed by atoms with Gasteiger partial charge in [-0.3, -0.25) is 19.2 Å². The van der Waals surface area contributed by atoms with Crippen LogP contribution in [0.2, 0.25) is 0 Å². The summed E-state index contributed by atoms with van der Waals surface area (Å²) in [6.45, 7) is 3.17. The summed E-state index contributed by atoms with van der Waals surface area (Å²) in [5, 5.41) is 27.3. The number of hydrogen-bond donors (Lipinski definition) is 8. The highest BCUT2D eigenvalue weighted by Gasteiger charge is 2.32. The molecule has 0 saturated heterocycles. The van der Waals surface area contributed by atoms with Crippen molar-refractivity contribution in [1.82, 2.24) is 20.9 Å². The van der Waals surface area contributed by atoms with Gasteiger partial charge in [0.2, 0.25) is 23.6 Å². The number of carbonyl (C=O) groups is 5. The number of benzene rings is 2. The van der Waals surface area contributed by atoms with Gasteiger partial charge in [-0.1, -0.05) is 44.2 Å². The zero-order valence-corrected chi connectivity index (χ0v) is 23.3. The number of carboxylic acids is 1. The second kappa shape index (κ2) is 14.1. The lowest BCUT2D eigenvalue weighted by Gasteiger charge is -2.25. The van der Waals surface area contributed by atoms with Gasteiger partial charge in [0.05, 0.1) is 12.5 Å². The molecule has 224 valence electrons. The first-order valence-corrected chi connectivity index (χ1v) is 13.4. The van der Waals surface area contributed by atoms with Crippen molar-refractivity contribution >= 4 is 40.5 Å². The Morgan fingerprint density at radius 2 is 1.48 bits per heavy atom. The Balaban J connectivity index is 1.80. The van der Waals surface area contributed by atoms with Crippen molar-refractivity contribution in [2.45, 2.75) is 57.3 Å². The fourth-order valence-electron chi connectivity index (χ4n) is 4.44. The molecule has 0 saturated carbocycles. The van der Waals surface area contributed by atoms with E-state index in [1.54, 1.807) is 32.2 Å². The molecule has 4 unspecified atom stereocenters. The molecule has 0 fully saturated rings. The molecule has 2 aromatic carbocycles. The molecule has 13 heteroatoms. The molecule has 10 N–H and O–H groups in total. The number of phenols is 1. The Kier molecular flexibility index (Phi) is 10.6. The largest absolute Gasteiger partial charge is 0.508 e. The first kappa shape index (κ1) is 31.6. The van der Waals surface area contributed by atoms with Crippen LogP contribution in [0.4, 0.5) is 0 Å². The molecular formula is C29H36N6O7. The molecule has 3 rings (SSSR count). The van der Waals surface area contributed by atoms with Crippen LogP contribution in [0.5, 0.6) is 5.75 Å². The minimum Gasteiger partial charge on any atom is -0.508 e. The number of phenolic OH excluding ortho intramolecular Hbond substituents is 1. The number of carbonyl (C=O) groups excluding carboxylic acids is 4. The topological polar surface area (TPSA) is 230 Å². The normalized spacial score (nSPS) is 14.0. The van der Waals surface area contributed by atoms with E-state index in [0.29, 0.717) is 5.56 Å². The number of primary amides is 1. The summed E-state index contributed by atoms with van der Waals surface area (Å²) in [6.07, 6.45) is 1.27. The number of aromatic hydroxyl groups is 1. The molecule has 0 aliphatic heterocycles. The van der Waals surface area contributed by atoms with Crippen LogP contribution in [0.1, 0.15) is 31.4 Å². The summed E-state index contributed by atoms with van der Waals surface area (Å²) in [4.78, 5) is 66.0. The number of rotatable bonds is 14. The summed E-state index contributed by atoms with van der Waals surface area (Å²) < 4.78 is 0. The second-order valence-corrected chi connectivity index (χ2v) is 10.4. The SMILES string of the molecule is CC(C)C(NC(=O)C(CC(N)=O)NC(=O)C(Cc1ccc(O)cc1)NC(=O)C(N)Cc1c[nH]c2ccccc12)C(=O)O. The van der Waals surface area contributed by atoms with Gasteiger partial charge in [-0.2, -0.15) is 0 Å². The third-order valence-electron chi connectivity index (χ3n) is 6.73. The van der Waals surface area contributed by atoms with Crippen molar-refractivity contribution in [3.8, 4) is 5.75 Å². The number of hydrogen-bond acceptors (Lipinski definition) is 7. The number of para-hydroxylation sites is 1. The molecule has 13 nitrogen and oxygen atoms in total. The summed E-state index contributed by atoms with van der Waals surface area (Å²) in [5.41, 5.74) is 13.8. The average molecular weight is 581 g/mol. The van der Waals surface area contributed by atoms with Gasteiger partial charge in [0.1, 0.15) is 23.9 Å². The van der Waals surface area contributed by atoms with E-state index >= 15 is 0 Å². The zero-order chi connectivity index (χ0) is 31.0. The van der Waals surface area contributed by atoms with Gasteiger partial charge in [0.15, 0.2) is 0 Å². The van der Waals surface area contributed by atoms with Crippen molar-refractivity contribution < 1.29 is 34.2 Å². The maximum atomic E-state index is 13.4. The van der Waals surface area contributed by atoms with Gasteiger partial charge in [-0.15, -0.1) is 0 Å². The molecule has 42 heavy (non-hydrogen) atoms. The molecule has 0 aliphatic rings. The van der Waals surface area contributed by atoms with Crippen molar-refractivity contribution in [2.24, 2.45) is 17.4 Å². The number of H-pyrrole nitrogens is 1. The van der Waals surface area contributed by atoms with Crippen LogP contribution in [0.3, 0.4) is 0 Å². The Hall–Kier alpha value is -4.91.